The minimum Gasteiger partial charge on any atom is -0.481 e. The van der Waals surface area contributed by atoms with Gasteiger partial charge in [-0.25, -0.2) is 4.79 Å². The fourth-order valence-corrected chi connectivity index (χ4v) is 7.63. The number of carbonyl (C=O) groups is 4. The van der Waals surface area contributed by atoms with Gasteiger partial charge in [-0.15, -0.1) is 0 Å². The fourth-order valence-electron chi connectivity index (χ4n) is 7.63. The molecular weight excluding hydrogens is 723 g/mol. The zero-order valence-corrected chi connectivity index (χ0v) is 37.2. The Kier molecular flexibility index (Phi) is 40.1. The Morgan fingerprint density at radius 3 is 1.33 bits per heavy atom. The highest BCUT2D eigenvalue weighted by Crippen LogP contribution is 2.25. The lowest BCUT2D eigenvalue weighted by Gasteiger charge is -2.19. The van der Waals surface area contributed by atoms with E-state index in [9.17, 15) is 19.2 Å². The molecular formula is C47H89NO9. The Morgan fingerprint density at radius 2 is 0.860 bits per heavy atom. The molecule has 0 heterocycles. The Hall–Kier alpha value is -2.36. The highest BCUT2D eigenvalue weighted by atomic mass is 16.7. The molecule has 0 bridgehead atoms. The van der Waals surface area contributed by atoms with Gasteiger partial charge in [0.1, 0.15) is 6.10 Å². The molecule has 0 radical (unpaired) electrons. The first-order valence-electron chi connectivity index (χ1n) is 23.9. The minimum absolute atomic E-state index is 0.159. The molecule has 0 saturated carbocycles. The van der Waals surface area contributed by atoms with E-state index in [1.807, 2.05) is 0 Å². The molecule has 336 valence electrons. The van der Waals surface area contributed by atoms with Crippen LogP contribution in [0.2, 0.25) is 0 Å². The smallest absolute Gasteiger partial charge is 0.481 e. The Morgan fingerprint density at radius 1 is 0.456 bits per heavy atom. The molecule has 0 aromatic rings. The summed E-state index contributed by atoms with van der Waals surface area (Å²) in [5, 5.41) is 17.7. The van der Waals surface area contributed by atoms with Gasteiger partial charge in [-0.1, -0.05) is 168 Å². The summed E-state index contributed by atoms with van der Waals surface area (Å²) in [4.78, 5) is 49.1. The summed E-state index contributed by atoms with van der Waals surface area (Å²) in [6.07, 6.45) is 32.5. The third-order valence-electron chi connectivity index (χ3n) is 11.3. The van der Waals surface area contributed by atoms with Crippen LogP contribution in [-0.4, -0.2) is 78.1 Å². The topological polar surface area (TPSA) is 140 Å². The van der Waals surface area contributed by atoms with Crippen LogP contribution in [0.15, 0.2) is 0 Å². The fraction of sp³-hybridized carbons (Fsp3) is 0.915. The van der Waals surface area contributed by atoms with E-state index in [0.29, 0.717) is 25.4 Å². The van der Waals surface area contributed by atoms with Crippen molar-refractivity contribution >= 4 is 24.1 Å². The second-order valence-electron chi connectivity index (χ2n) is 16.4. The first-order chi connectivity index (χ1) is 27.7. The number of aliphatic carboxylic acids is 2. The first kappa shape index (κ1) is 54.6. The summed E-state index contributed by atoms with van der Waals surface area (Å²) in [5.74, 6) is -0.945. The number of nitrogens with zero attached hydrogens (tertiary/aromatic N) is 1. The number of carbonyl (C=O) groups excluding carboxylic acids is 2. The summed E-state index contributed by atoms with van der Waals surface area (Å²) in [6, 6.07) is 0. The van der Waals surface area contributed by atoms with Gasteiger partial charge in [0.15, 0.2) is 0 Å². The van der Waals surface area contributed by atoms with Gasteiger partial charge in [-0.3, -0.25) is 14.4 Å². The predicted octanol–water partition coefficient (Wildman–Crippen LogP) is 13.1. The molecule has 10 nitrogen and oxygen atoms in total. The van der Waals surface area contributed by atoms with Crippen molar-refractivity contribution in [3.05, 3.63) is 0 Å². The molecule has 57 heavy (non-hydrogen) atoms. The maximum atomic E-state index is 13.0. The van der Waals surface area contributed by atoms with Crippen LogP contribution >= 0.6 is 0 Å². The van der Waals surface area contributed by atoms with E-state index in [1.165, 1.54) is 89.9 Å². The van der Waals surface area contributed by atoms with Crippen LogP contribution in [0.4, 0.5) is 4.79 Å². The van der Waals surface area contributed by atoms with Gasteiger partial charge < -0.3 is 29.3 Å². The van der Waals surface area contributed by atoms with Crippen molar-refractivity contribution in [2.24, 2.45) is 5.92 Å². The monoisotopic (exact) mass is 812 g/mol. The molecule has 2 N–H and O–H groups in total. The lowest BCUT2D eigenvalue weighted by Crippen LogP contribution is -2.25. The molecule has 0 rings (SSSR count). The van der Waals surface area contributed by atoms with E-state index in [-0.39, 0.29) is 31.5 Å². The number of unbranched alkanes of at least 4 members (excludes halogenated alkanes) is 20. The van der Waals surface area contributed by atoms with Gasteiger partial charge in [0.05, 0.1) is 13.2 Å². The molecule has 0 amide bonds. The van der Waals surface area contributed by atoms with E-state index < -0.39 is 18.1 Å². The van der Waals surface area contributed by atoms with Crippen LogP contribution in [0, 0.1) is 5.92 Å². The summed E-state index contributed by atoms with van der Waals surface area (Å²) in [7, 11) is 0. The zero-order chi connectivity index (χ0) is 42.0. The standard InChI is InChI=1S/C47H89NO9/c1-4-7-8-9-10-11-12-13-20-25-34-43(38-41-56-47(54)55-40-30-39-48(5-2)6-3)57-46(53)37-29-28-33-42(31-23-18-14-16-21-26-35-44(49)50)32-24-19-15-17-22-27-36-45(51)52/h42-43H,4-41H2,1-3H3,(H,49,50)(H,51,52). The Labute approximate surface area is 349 Å². The summed E-state index contributed by atoms with van der Waals surface area (Å²) >= 11 is 0. The highest BCUT2D eigenvalue weighted by Gasteiger charge is 2.17. The average Bonchev–Trinajstić information content (AvgIpc) is 3.18. The van der Waals surface area contributed by atoms with Crippen LogP contribution in [-0.2, 0) is 28.6 Å². The first-order valence-corrected chi connectivity index (χ1v) is 23.9. The molecule has 0 aliphatic carbocycles. The van der Waals surface area contributed by atoms with E-state index in [0.717, 1.165) is 116 Å². The lowest BCUT2D eigenvalue weighted by molar-refractivity contribution is -0.150. The number of esters is 1. The van der Waals surface area contributed by atoms with Gasteiger partial charge in [-0.2, -0.15) is 0 Å². The highest BCUT2D eigenvalue weighted by molar-refractivity contribution is 5.69. The molecule has 1 unspecified atom stereocenters. The van der Waals surface area contributed by atoms with Crippen molar-refractivity contribution in [3.8, 4) is 0 Å². The molecule has 0 spiro atoms. The summed E-state index contributed by atoms with van der Waals surface area (Å²) in [5.41, 5.74) is 0. The van der Waals surface area contributed by atoms with Gasteiger partial charge in [0.25, 0.3) is 0 Å². The zero-order valence-electron chi connectivity index (χ0n) is 37.2. The van der Waals surface area contributed by atoms with Crippen molar-refractivity contribution < 1.29 is 43.6 Å². The van der Waals surface area contributed by atoms with E-state index >= 15 is 0 Å². The van der Waals surface area contributed by atoms with E-state index in [2.05, 4.69) is 25.7 Å². The number of carboxylic acids is 2. The largest absolute Gasteiger partial charge is 0.508 e. The maximum Gasteiger partial charge on any atom is 0.508 e. The predicted molar refractivity (Wildman–Crippen MR) is 232 cm³/mol. The number of rotatable bonds is 44. The molecule has 0 fully saturated rings. The van der Waals surface area contributed by atoms with Crippen molar-refractivity contribution in [3.63, 3.8) is 0 Å². The number of carboxylic acid groups (broad SMARTS) is 2. The molecule has 10 heteroatoms. The van der Waals surface area contributed by atoms with Crippen LogP contribution < -0.4 is 0 Å². The van der Waals surface area contributed by atoms with Crippen LogP contribution in [0.1, 0.15) is 233 Å². The molecule has 0 saturated heterocycles. The number of hydrogen-bond donors (Lipinski definition) is 2. The molecule has 0 aromatic carbocycles. The second-order valence-corrected chi connectivity index (χ2v) is 16.4. The lowest BCUT2D eigenvalue weighted by atomic mass is 9.89. The normalized spacial score (nSPS) is 11.9. The molecule has 0 aromatic heterocycles. The third kappa shape index (κ3) is 40.2. The second kappa shape index (κ2) is 41.8. The Bertz CT molecular complexity index is 912. The van der Waals surface area contributed by atoms with Crippen LogP contribution in [0.5, 0.6) is 0 Å². The minimum atomic E-state index is -0.712. The van der Waals surface area contributed by atoms with Gasteiger partial charge in [0, 0.05) is 32.2 Å². The van der Waals surface area contributed by atoms with Crippen molar-refractivity contribution in [1.82, 2.24) is 4.90 Å². The SMILES string of the molecule is CCCCCCCCCCCCC(CCOC(=O)OCCCN(CC)CC)OC(=O)CCCCC(CCCCCCCCC(=O)O)CCCCCCCCC(=O)O. The van der Waals surface area contributed by atoms with Gasteiger partial charge >= 0.3 is 24.1 Å². The van der Waals surface area contributed by atoms with Crippen molar-refractivity contribution in [1.29, 1.82) is 0 Å². The average molecular weight is 812 g/mol. The van der Waals surface area contributed by atoms with Gasteiger partial charge in [0.2, 0.25) is 0 Å². The Balaban J connectivity index is 4.78. The summed E-state index contributed by atoms with van der Waals surface area (Å²) < 4.78 is 16.7. The molecule has 0 aliphatic heterocycles. The van der Waals surface area contributed by atoms with Crippen LogP contribution in [0.25, 0.3) is 0 Å². The number of hydrogen-bond acceptors (Lipinski definition) is 8. The van der Waals surface area contributed by atoms with Crippen LogP contribution in [0.3, 0.4) is 0 Å². The molecule has 1 atom stereocenters. The third-order valence-corrected chi connectivity index (χ3v) is 11.3. The van der Waals surface area contributed by atoms with Gasteiger partial charge in [-0.05, 0) is 57.5 Å². The van der Waals surface area contributed by atoms with Crippen molar-refractivity contribution in [2.75, 3.05) is 32.8 Å². The van der Waals surface area contributed by atoms with Crippen molar-refractivity contribution in [2.45, 2.75) is 239 Å². The molecule has 0 aliphatic rings. The quantitative estimate of drug-likeness (QED) is 0.0451. The number of ether oxygens (including phenoxy) is 3. The summed E-state index contributed by atoms with van der Waals surface area (Å²) in [6.45, 7) is 9.84. The van der Waals surface area contributed by atoms with E-state index in [1.54, 1.807) is 0 Å². The maximum absolute atomic E-state index is 13.0. The van der Waals surface area contributed by atoms with E-state index in [4.69, 9.17) is 24.4 Å².